The number of furan rings is 1. The van der Waals surface area contributed by atoms with Gasteiger partial charge in [0.15, 0.2) is 10.9 Å². The molecule has 144 valence electrons. The van der Waals surface area contributed by atoms with Crippen LogP contribution in [0.5, 0.6) is 0 Å². The second-order valence-corrected chi connectivity index (χ2v) is 6.57. The average molecular weight is 401 g/mol. The zero-order valence-electron chi connectivity index (χ0n) is 14.7. The Kier molecular flexibility index (Phi) is 9.93. The van der Waals surface area contributed by atoms with Crippen molar-refractivity contribution in [2.75, 3.05) is 11.9 Å². The number of thiazole rings is 1. The summed E-state index contributed by atoms with van der Waals surface area (Å²) in [4.78, 5) is 27.2. The first-order chi connectivity index (χ1) is 12.1. The Morgan fingerprint density at radius 2 is 2.00 bits per heavy atom. The zero-order chi connectivity index (χ0) is 18.1. The van der Waals surface area contributed by atoms with Gasteiger partial charge in [-0.3, -0.25) is 9.59 Å². The lowest BCUT2D eigenvalue weighted by Crippen LogP contribution is -2.18. The average Bonchev–Trinajstić information content (AvgIpc) is 3.21. The van der Waals surface area contributed by atoms with E-state index >= 15 is 0 Å². The van der Waals surface area contributed by atoms with Crippen LogP contribution in [0.4, 0.5) is 5.13 Å². The van der Waals surface area contributed by atoms with E-state index in [9.17, 15) is 9.59 Å². The third-order valence-electron chi connectivity index (χ3n) is 3.53. The van der Waals surface area contributed by atoms with Crippen molar-refractivity contribution < 1.29 is 14.0 Å². The summed E-state index contributed by atoms with van der Waals surface area (Å²) in [5.41, 5.74) is 6.11. The standard InChI is InChI=1S/C17H24N4O3S.ClH/c1-12(22)19-10-13-7-8-15(24-13)14-11-25-17(20-14)21-16(23)6-4-2-3-5-9-18;/h7-8,11H,2-6,9-10,18H2,1H3,(H,19,22)(H,20,21,23);1H. The highest BCUT2D eigenvalue weighted by Crippen LogP contribution is 2.26. The largest absolute Gasteiger partial charge is 0.458 e. The molecule has 26 heavy (non-hydrogen) atoms. The molecular weight excluding hydrogens is 376 g/mol. The van der Waals surface area contributed by atoms with Crippen molar-refractivity contribution in [3.63, 3.8) is 0 Å². The maximum Gasteiger partial charge on any atom is 0.226 e. The highest BCUT2D eigenvalue weighted by Gasteiger charge is 2.11. The van der Waals surface area contributed by atoms with Crippen LogP contribution >= 0.6 is 23.7 Å². The normalized spacial score (nSPS) is 10.2. The van der Waals surface area contributed by atoms with Crippen LogP contribution in [-0.2, 0) is 16.1 Å². The number of nitrogens with two attached hydrogens (primary N) is 1. The molecule has 4 N–H and O–H groups in total. The number of rotatable bonds is 10. The van der Waals surface area contributed by atoms with E-state index in [2.05, 4.69) is 15.6 Å². The number of aromatic nitrogens is 1. The molecule has 0 aromatic carbocycles. The van der Waals surface area contributed by atoms with Gasteiger partial charge in [-0.25, -0.2) is 4.98 Å². The summed E-state index contributed by atoms with van der Waals surface area (Å²) >= 11 is 1.36. The Morgan fingerprint density at radius 1 is 1.23 bits per heavy atom. The third-order valence-corrected chi connectivity index (χ3v) is 4.29. The number of halogens is 1. The van der Waals surface area contributed by atoms with Gasteiger partial charge >= 0.3 is 0 Å². The monoisotopic (exact) mass is 400 g/mol. The quantitative estimate of drug-likeness (QED) is 0.530. The Morgan fingerprint density at radius 3 is 2.73 bits per heavy atom. The number of unbranched alkanes of at least 4 members (excludes halogenated alkanes) is 3. The molecule has 0 aliphatic rings. The van der Waals surface area contributed by atoms with Gasteiger partial charge in [0.25, 0.3) is 0 Å². The van der Waals surface area contributed by atoms with Crippen molar-refractivity contribution in [3.8, 4) is 11.5 Å². The minimum Gasteiger partial charge on any atom is -0.458 e. The first-order valence-corrected chi connectivity index (χ1v) is 9.25. The van der Waals surface area contributed by atoms with Crippen molar-refractivity contribution in [3.05, 3.63) is 23.3 Å². The fourth-order valence-electron chi connectivity index (χ4n) is 2.23. The molecule has 0 saturated carbocycles. The summed E-state index contributed by atoms with van der Waals surface area (Å²) in [5.74, 6) is 1.12. The summed E-state index contributed by atoms with van der Waals surface area (Å²) in [7, 11) is 0. The Hall–Kier alpha value is -1.90. The Bertz CT molecular complexity index is 702. The van der Waals surface area contributed by atoms with Gasteiger partial charge in [0, 0.05) is 18.7 Å². The SMILES string of the molecule is CC(=O)NCc1ccc(-c2csc(NC(=O)CCCCCCN)n2)o1.Cl. The highest BCUT2D eigenvalue weighted by molar-refractivity contribution is 7.14. The van der Waals surface area contributed by atoms with Crippen molar-refractivity contribution in [1.82, 2.24) is 10.3 Å². The summed E-state index contributed by atoms with van der Waals surface area (Å²) in [6.45, 7) is 2.50. The summed E-state index contributed by atoms with van der Waals surface area (Å²) < 4.78 is 5.65. The third kappa shape index (κ3) is 7.55. The Labute approximate surface area is 163 Å². The van der Waals surface area contributed by atoms with Crippen LogP contribution in [0, 0.1) is 0 Å². The van der Waals surface area contributed by atoms with E-state index in [0.717, 1.165) is 25.7 Å². The molecule has 0 bridgehead atoms. The van der Waals surface area contributed by atoms with Gasteiger partial charge in [-0.2, -0.15) is 0 Å². The first-order valence-electron chi connectivity index (χ1n) is 8.37. The van der Waals surface area contributed by atoms with Crippen LogP contribution in [0.2, 0.25) is 0 Å². The predicted molar refractivity (Wildman–Crippen MR) is 105 cm³/mol. The van der Waals surface area contributed by atoms with Crippen LogP contribution in [0.1, 0.15) is 44.8 Å². The Balaban J connectivity index is 0.00000338. The predicted octanol–water partition coefficient (Wildman–Crippen LogP) is 3.31. The molecule has 0 atom stereocenters. The topological polar surface area (TPSA) is 110 Å². The van der Waals surface area contributed by atoms with Gasteiger partial charge in [-0.15, -0.1) is 23.7 Å². The molecule has 0 aliphatic heterocycles. The van der Waals surface area contributed by atoms with Crippen LogP contribution in [0.3, 0.4) is 0 Å². The van der Waals surface area contributed by atoms with E-state index in [0.29, 0.717) is 41.9 Å². The number of amides is 2. The molecule has 0 spiro atoms. The van der Waals surface area contributed by atoms with Gasteiger partial charge in [0.05, 0.1) is 6.54 Å². The number of nitrogens with one attached hydrogen (secondary N) is 2. The van der Waals surface area contributed by atoms with Crippen molar-refractivity contribution in [2.45, 2.75) is 45.6 Å². The number of nitrogens with zero attached hydrogens (tertiary/aromatic N) is 1. The van der Waals surface area contributed by atoms with Crippen LogP contribution in [0.15, 0.2) is 21.9 Å². The molecule has 0 saturated heterocycles. The molecule has 0 fully saturated rings. The van der Waals surface area contributed by atoms with E-state index < -0.39 is 0 Å². The van der Waals surface area contributed by atoms with E-state index in [1.165, 1.54) is 18.3 Å². The minimum absolute atomic E-state index is 0. The summed E-state index contributed by atoms with van der Waals surface area (Å²) in [5, 5.41) is 7.88. The molecule has 2 amide bonds. The molecule has 2 heterocycles. The van der Waals surface area contributed by atoms with Gasteiger partial charge in [-0.05, 0) is 31.5 Å². The van der Waals surface area contributed by atoms with Crippen molar-refractivity contribution in [2.24, 2.45) is 5.73 Å². The van der Waals surface area contributed by atoms with Crippen molar-refractivity contribution in [1.29, 1.82) is 0 Å². The molecular formula is C17H25ClN4O3S. The molecule has 7 nitrogen and oxygen atoms in total. The molecule has 0 aliphatic carbocycles. The minimum atomic E-state index is -0.111. The van der Waals surface area contributed by atoms with Gasteiger partial charge in [0.1, 0.15) is 11.5 Å². The van der Waals surface area contributed by atoms with E-state index in [4.69, 9.17) is 10.2 Å². The lowest BCUT2D eigenvalue weighted by atomic mass is 10.1. The second-order valence-electron chi connectivity index (χ2n) is 5.71. The van der Waals surface area contributed by atoms with Crippen LogP contribution in [-0.4, -0.2) is 23.3 Å². The maximum atomic E-state index is 11.9. The number of hydrogen-bond acceptors (Lipinski definition) is 6. The molecule has 0 radical (unpaired) electrons. The molecule has 0 unspecified atom stereocenters. The van der Waals surface area contributed by atoms with E-state index in [1.807, 2.05) is 5.38 Å². The fourth-order valence-corrected chi connectivity index (χ4v) is 2.95. The number of anilines is 1. The van der Waals surface area contributed by atoms with E-state index in [-0.39, 0.29) is 24.2 Å². The zero-order valence-corrected chi connectivity index (χ0v) is 16.4. The van der Waals surface area contributed by atoms with Gasteiger partial charge < -0.3 is 20.8 Å². The first kappa shape index (κ1) is 22.1. The molecule has 9 heteroatoms. The van der Waals surface area contributed by atoms with Crippen LogP contribution < -0.4 is 16.4 Å². The van der Waals surface area contributed by atoms with Crippen LogP contribution in [0.25, 0.3) is 11.5 Å². The summed E-state index contributed by atoms with van der Waals surface area (Å²) in [6, 6.07) is 3.60. The second kappa shape index (κ2) is 11.7. The smallest absolute Gasteiger partial charge is 0.226 e. The molecule has 2 aromatic rings. The summed E-state index contributed by atoms with van der Waals surface area (Å²) in [6.07, 6.45) is 4.42. The molecule has 2 aromatic heterocycles. The fraction of sp³-hybridized carbons (Fsp3) is 0.471. The highest BCUT2D eigenvalue weighted by atomic mass is 35.5. The number of carbonyl (C=O) groups excluding carboxylic acids is 2. The van der Waals surface area contributed by atoms with Gasteiger partial charge in [-0.1, -0.05) is 12.8 Å². The lowest BCUT2D eigenvalue weighted by molar-refractivity contribution is -0.119. The molecule has 2 rings (SSSR count). The lowest BCUT2D eigenvalue weighted by Gasteiger charge is -2.01. The van der Waals surface area contributed by atoms with Crippen molar-refractivity contribution >= 4 is 40.7 Å². The van der Waals surface area contributed by atoms with E-state index in [1.54, 1.807) is 12.1 Å². The number of hydrogen-bond donors (Lipinski definition) is 3. The van der Waals surface area contributed by atoms with Gasteiger partial charge in [0.2, 0.25) is 11.8 Å². The maximum absolute atomic E-state index is 11.9. The number of carbonyl (C=O) groups is 2.